The first kappa shape index (κ1) is 15.6. The molecule has 0 saturated heterocycles. The second-order valence-corrected chi connectivity index (χ2v) is 4.62. The predicted octanol–water partition coefficient (Wildman–Crippen LogP) is 4.15. The third-order valence-electron chi connectivity index (χ3n) is 3.14. The first-order valence-corrected chi connectivity index (χ1v) is 7.07. The minimum absolute atomic E-state index is 0.268. The van der Waals surface area contributed by atoms with Crippen LogP contribution in [0.5, 0.6) is 0 Å². The molecule has 0 saturated carbocycles. The molecule has 1 aromatic carbocycles. The molecular formula is C17H24O2. The summed E-state index contributed by atoms with van der Waals surface area (Å²) in [7, 11) is 0. The summed E-state index contributed by atoms with van der Waals surface area (Å²) in [5, 5.41) is 0. The molecule has 0 radical (unpaired) electrons. The fourth-order valence-electron chi connectivity index (χ4n) is 2.01. The molecule has 0 spiro atoms. The van der Waals surface area contributed by atoms with Gasteiger partial charge in [-0.25, -0.2) is 0 Å². The molecule has 2 heteroatoms. The molecule has 19 heavy (non-hydrogen) atoms. The number of ether oxygens (including phenoxy) is 1. The molecule has 1 aliphatic carbocycles. The smallest absolute Gasteiger partial charge is 0.158 e. The van der Waals surface area contributed by atoms with Crippen LogP contribution >= 0.6 is 0 Å². The summed E-state index contributed by atoms with van der Waals surface area (Å²) in [6.45, 7) is 7.20. The summed E-state index contributed by atoms with van der Waals surface area (Å²) in [6, 6.07) is 10.1. The number of hydrogen-bond donors (Lipinski definition) is 0. The average molecular weight is 260 g/mol. The van der Waals surface area contributed by atoms with Crippen molar-refractivity contribution in [3.63, 3.8) is 0 Å². The van der Waals surface area contributed by atoms with E-state index in [0.29, 0.717) is 25.6 Å². The molecule has 0 fully saturated rings. The Bertz CT molecular complexity index is 407. The predicted molar refractivity (Wildman–Crippen MR) is 78.9 cm³/mol. The summed E-state index contributed by atoms with van der Waals surface area (Å²) >= 11 is 0. The van der Waals surface area contributed by atoms with Crippen molar-refractivity contribution < 1.29 is 9.53 Å². The van der Waals surface area contributed by atoms with Crippen molar-refractivity contribution in [1.82, 2.24) is 0 Å². The van der Waals surface area contributed by atoms with Crippen molar-refractivity contribution in [1.29, 1.82) is 0 Å². The SMILES string of the molecule is CC.CC1=CCC(COCc2ccccc2)CC1=O. The second-order valence-electron chi connectivity index (χ2n) is 4.62. The van der Waals surface area contributed by atoms with Gasteiger partial charge >= 0.3 is 0 Å². The fourth-order valence-corrected chi connectivity index (χ4v) is 2.01. The standard InChI is InChI=1S/C15H18O2.C2H6/c1-12-7-8-14(9-15(12)16)11-17-10-13-5-3-2-4-6-13;1-2/h2-7,14H,8-11H2,1H3;1-2H3. The molecule has 1 aliphatic rings. The lowest BCUT2D eigenvalue weighted by Gasteiger charge is -2.19. The molecule has 0 amide bonds. The van der Waals surface area contributed by atoms with Gasteiger partial charge in [0.15, 0.2) is 5.78 Å². The third kappa shape index (κ3) is 5.39. The van der Waals surface area contributed by atoms with E-state index in [0.717, 1.165) is 12.0 Å². The van der Waals surface area contributed by atoms with Gasteiger partial charge in [-0.3, -0.25) is 4.79 Å². The number of hydrogen-bond acceptors (Lipinski definition) is 2. The quantitative estimate of drug-likeness (QED) is 0.812. The average Bonchev–Trinajstić information content (AvgIpc) is 2.46. The molecule has 1 unspecified atom stereocenters. The van der Waals surface area contributed by atoms with Crippen molar-refractivity contribution in [3.05, 3.63) is 47.5 Å². The zero-order valence-corrected chi connectivity index (χ0v) is 12.2. The Morgan fingerprint density at radius 3 is 2.53 bits per heavy atom. The van der Waals surface area contributed by atoms with Gasteiger partial charge in [-0.1, -0.05) is 50.3 Å². The van der Waals surface area contributed by atoms with E-state index in [9.17, 15) is 4.79 Å². The molecule has 1 atom stereocenters. The van der Waals surface area contributed by atoms with Gasteiger partial charge in [0.2, 0.25) is 0 Å². The van der Waals surface area contributed by atoms with Crippen molar-refractivity contribution in [2.45, 2.75) is 40.2 Å². The summed E-state index contributed by atoms with van der Waals surface area (Å²) in [4.78, 5) is 11.5. The van der Waals surface area contributed by atoms with Crippen LogP contribution in [0.25, 0.3) is 0 Å². The van der Waals surface area contributed by atoms with Crippen LogP contribution in [0.1, 0.15) is 39.2 Å². The van der Waals surface area contributed by atoms with Gasteiger partial charge in [0.1, 0.15) is 0 Å². The maximum Gasteiger partial charge on any atom is 0.158 e. The van der Waals surface area contributed by atoms with Crippen molar-refractivity contribution in [2.24, 2.45) is 5.92 Å². The van der Waals surface area contributed by atoms with E-state index >= 15 is 0 Å². The molecule has 0 aliphatic heterocycles. The lowest BCUT2D eigenvalue weighted by Crippen LogP contribution is -2.18. The highest BCUT2D eigenvalue weighted by atomic mass is 16.5. The fraction of sp³-hybridized carbons (Fsp3) is 0.471. The lowest BCUT2D eigenvalue weighted by molar-refractivity contribution is -0.117. The van der Waals surface area contributed by atoms with Gasteiger partial charge in [-0.2, -0.15) is 0 Å². The van der Waals surface area contributed by atoms with Crippen molar-refractivity contribution in [2.75, 3.05) is 6.61 Å². The van der Waals surface area contributed by atoms with Gasteiger partial charge in [0.25, 0.3) is 0 Å². The molecule has 2 rings (SSSR count). The number of Topliss-reactive ketones (excluding diaryl/α,β-unsaturated/α-hetero) is 1. The first-order chi connectivity index (χ1) is 9.25. The zero-order valence-electron chi connectivity index (χ0n) is 12.2. The van der Waals surface area contributed by atoms with Crippen LogP contribution in [-0.2, 0) is 16.1 Å². The summed E-state index contributed by atoms with van der Waals surface area (Å²) in [5.41, 5.74) is 2.09. The molecule has 0 aromatic heterocycles. The Kier molecular flexibility index (Phi) is 7.12. The monoisotopic (exact) mass is 260 g/mol. The number of benzene rings is 1. The maximum atomic E-state index is 11.5. The van der Waals surface area contributed by atoms with Gasteiger partial charge < -0.3 is 4.74 Å². The minimum Gasteiger partial charge on any atom is -0.376 e. The molecule has 0 bridgehead atoms. The zero-order chi connectivity index (χ0) is 14.1. The van der Waals surface area contributed by atoms with Crippen LogP contribution in [-0.4, -0.2) is 12.4 Å². The Morgan fingerprint density at radius 2 is 1.89 bits per heavy atom. The second kappa shape index (κ2) is 8.65. The Morgan fingerprint density at radius 1 is 1.21 bits per heavy atom. The van der Waals surface area contributed by atoms with Crippen LogP contribution in [0, 0.1) is 5.92 Å². The van der Waals surface area contributed by atoms with Crippen LogP contribution in [0.15, 0.2) is 42.0 Å². The molecular weight excluding hydrogens is 236 g/mol. The number of allylic oxidation sites excluding steroid dienone is 2. The maximum absolute atomic E-state index is 11.5. The number of rotatable bonds is 4. The van der Waals surface area contributed by atoms with E-state index in [-0.39, 0.29) is 5.78 Å². The Balaban J connectivity index is 0.000000861. The first-order valence-electron chi connectivity index (χ1n) is 7.07. The van der Waals surface area contributed by atoms with E-state index in [1.165, 1.54) is 5.56 Å². The third-order valence-corrected chi connectivity index (χ3v) is 3.14. The van der Waals surface area contributed by atoms with Crippen LogP contribution in [0.4, 0.5) is 0 Å². The largest absolute Gasteiger partial charge is 0.376 e. The van der Waals surface area contributed by atoms with Gasteiger partial charge in [-0.05, 0) is 30.4 Å². The summed E-state index contributed by atoms with van der Waals surface area (Å²) < 4.78 is 5.66. The van der Waals surface area contributed by atoms with Crippen LogP contribution < -0.4 is 0 Å². The highest BCUT2D eigenvalue weighted by Crippen LogP contribution is 2.20. The molecule has 0 N–H and O–H groups in total. The Labute approximate surface area is 116 Å². The van der Waals surface area contributed by atoms with Crippen molar-refractivity contribution in [3.8, 4) is 0 Å². The minimum atomic E-state index is 0.268. The molecule has 104 valence electrons. The highest BCUT2D eigenvalue weighted by Gasteiger charge is 2.19. The van der Waals surface area contributed by atoms with Gasteiger partial charge in [-0.15, -0.1) is 0 Å². The van der Waals surface area contributed by atoms with E-state index < -0.39 is 0 Å². The van der Waals surface area contributed by atoms with E-state index in [1.54, 1.807) is 0 Å². The normalized spacial score (nSPS) is 18.4. The summed E-state index contributed by atoms with van der Waals surface area (Å²) in [5.74, 6) is 0.625. The van der Waals surface area contributed by atoms with Gasteiger partial charge in [0.05, 0.1) is 13.2 Å². The highest BCUT2D eigenvalue weighted by molar-refractivity contribution is 5.95. The lowest BCUT2D eigenvalue weighted by atomic mass is 9.90. The van der Waals surface area contributed by atoms with E-state index in [2.05, 4.69) is 12.1 Å². The van der Waals surface area contributed by atoms with Crippen molar-refractivity contribution >= 4 is 5.78 Å². The van der Waals surface area contributed by atoms with Crippen LogP contribution in [0.3, 0.4) is 0 Å². The molecule has 2 nitrogen and oxygen atoms in total. The van der Waals surface area contributed by atoms with E-state index in [4.69, 9.17) is 4.74 Å². The molecule has 1 aromatic rings. The number of carbonyl (C=O) groups excluding carboxylic acids is 1. The van der Waals surface area contributed by atoms with Gasteiger partial charge in [0, 0.05) is 6.42 Å². The number of carbonyl (C=O) groups is 1. The number of ketones is 1. The molecule has 0 heterocycles. The van der Waals surface area contributed by atoms with Crippen LogP contribution in [0.2, 0.25) is 0 Å². The van der Waals surface area contributed by atoms with E-state index in [1.807, 2.05) is 45.0 Å². The Hall–Kier alpha value is -1.41. The summed E-state index contributed by atoms with van der Waals surface area (Å²) in [6.07, 6.45) is 3.63. The topological polar surface area (TPSA) is 26.3 Å².